The van der Waals surface area contributed by atoms with E-state index in [1.165, 1.54) is 6.07 Å². The molecule has 20 heavy (non-hydrogen) atoms. The van der Waals surface area contributed by atoms with Crippen LogP contribution in [-0.2, 0) is 0 Å². The van der Waals surface area contributed by atoms with E-state index in [1.807, 2.05) is 6.92 Å². The van der Waals surface area contributed by atoms with Crippen LogP contribution >= 0.6 is 0 Å². The summed E-state index contributed by atoms with van der Waals surface area (Å²) in [7, 11) is 1.69. The number of benzene rings is 2. The molecule has 4 heteroatoms. The van der Waals surface area contributed by atoms with Crippen molar-refractivity contribution in [1.82, 2.24) is 4.90 Å². The van der Waals surface area contributed by atoms with Gasteiger partial charge in [-0.2, -0.15) is 0 Å². The lowest BCUT2D eigenvalue weighted by molar-refractivity contribution is 0.0739. The Bertz CT molecular complexity index is 607. The zero-order chi connectivity index (χ0) is 14.7. The van der Waals surface area contributed by atoms with Crippen LogP contribution in [0.15, 0.2) is 48.5 Å². The van der Waals surface area contributed by atoms with Gasteiger partial charge in [-0.05, 0) is 36.8 Å². The maximum absolute atomic E-state index is 12.4. The first-order valence-corrected chi connectivity index (χ1v) is 6.35. The fraction of sp³-hybridized carbons (Fsp3) is 0.188. The lowest BCUT2D eigenvalue weighted by Crippen LogP contribution is -2.29. The van der Waals surface area contributed by atoms with Gasteiger partial charge < -0.3 is 15.1 Å². The summed E-state index contributed by atoms with van der Waals surface area (Å²) in [5.41, 5.74) is 1.19. The molecule has 0 aromatic heterocycles. The largest absolute Gasteiger partial charge is 0.508 e. The normalized spacial score (nSPS) is 11.9. The first-order valence-electron chi connectivity index (χ1n) is 6.35. The van der Waals surface area contributed by atoms with Gasteiger partial charge in [-0.1, -0.05) is 24.3 Å². The Labute approximate surface area is 117 Å². The number of carbonyl (C=O) groups is 1. The molecule has 1 unspecified atom stereocenters. The number of hydrogen-bond acceptors (Lipinski definition) is 3. The lowest BCUT2D eigenvalue weighted by Gasteiger charge is -2.25. The second-order valence-electron chi connectivity index (χ2n) is 4.70. The third-order valence-electron chi connectivity index (χ3n) is 3.41. The highest BCUT2D eigenvalue weighted by Crippen LogP contribution is 2.25. The molecule has 104 valence electrons. The topological polar surface area (TPSA) is 60.8 Å². The smallest absolute Gasteiger partial charge is 0.257 e. The fourth-order valence-corrected chi connectivity index (χ4v) is 2.00. The Morgan fingerprint density at radius 2 is 1.65 bits per heavy atom. The van der Waals surface area contributed by atoms with Crippen molar-refractivity contribution in [2.75, 3.05) is 7.05 Å². The van der Waals surface area contributed by atoms with Crippen molar-refractivity contribution in [2.45, 2.75) is 13.0 Å². The highest BCUT2D eigenvalue weighted by molar-refractivity contribution is 5.96. The fourth-order valence-electron chi connectivity index (χ4n) is 2.00. The quantitative estimate of drug-likeness (QED) is 0.902. The van der Waals surface area contributed by atoms with Crippen LogP contribution in [-0.4, -0.2) is 28.1 Å². The minimum Gasteiger partial charge on any atom is -0.508 e. The molecule has 0 aliphatic heterocycles. The minimum atomic E-state index is -0.247. The predicted octanol–water partition coefficient (Wildman–Crippen LogP) is 2.93. The van der Waals surface area contributed by atoms with Crippen LogP contribution in [0.25, 0.3) is 0 Å². The van der Waals surface area contributed by atoms with Crippen molar-refractivity contribution >= 4 is 5.91 Å². The summed E-state index contributed by atoms with van der Waals surface area (Å²) < 4.78 is 0. The van der Waals surface area contributed by atoms with Gasteiger partial charge in [0, 0.05) is 7.05 Å². The first kappa shape index (κ1) is 13.9. The van der Waals surface area contributed by atoms with Gasteiger partial charge >= 0.3 is 0 Å². The van der Waals surface area contributed by atoms with E-state index in [2.05, 4.69) is 0 Å². The van der Waals surface area contributed by atoms with Gasteiger partial charge in [-0.25, -0.2) is 0 Å². The molecule has 0 fully saturated rings. The maximum atomic E-state index is 12.4. The van der Waals surface area contributed by atoms with E-state index in [-0.39, 0.29) is 29.0 Å². The zero-order valence-electron chi connectivity index (χ0n) is 11.4. The molecule has 4 nitrogen and oxygen atoms in total. The molecule has 2 aromatic carbocycles. The Morgan fingerprint density at radius 3 is 2.25 bits per heavy atom. The standard InChI is InChI=1S/C16H17NO3/c1-11(12-7-9-13(18)10-8-12)17(2)16(20)14-5-3-4-6-15(14)19/h3-11,18-19H,1-2H3. The second-order valence-corrected chi connectivity index (χ2v) is 4.70. The number of aromatic hydroxyl groups is 2. The van der Waals surface area contributed by atoms with E-state index in [9.17, 15) is 15.0 Å². The molecule has 0 aliphatic carbocycles. The minimum absolute atomic E-state index is 0.0257. The summed E-state index contributed by atoms with van der Waals surface area (Å²) in [6, 6.07) is 13.0. The zero-order valence-corrected chi connectivity index (χ0v) is 11.4. The number of phenols is 2. The summed E-state index contributed by atoms with van der Waals surface area (Å²) in [5, 5.41) is 19.0. The van der Waals surface area contributed by atoms with Crippen molar-refractivity contribution in [2.24, 2.45) is 0 Å². The highest BCUT2D eigenvalue weighted by atomic mass is 16.3. The van der Waals surface area contributed by atoms with Crippen LogP contribution in [0.5, 0.6) is 11.5 Å². The molecular formula is C16H17NO3. The summed E-state index contributed by atoms with van der Waals surface area (Å²) in [4.78, 5) is 13.9. The Kier molecular flexibility index (Phi) is 3.94. The average molecular weight is 271 g/mol. The van der Waals surface area contributed by atoms with Crippen LogP contribution in [0.4, 0.5) is 0 Å². The molecule has 0 spiro atoms. The number of para-hydroxylation sites is 1. The van der Waals surface area contributed by atoms with Gasteiger partial charge in [0.1, 0.15) is 11.5 Å². The molecule has 1 amide bonds. The van der Waals surface area contributed by atoms with Crippen molar-refractivity contribution in [1.29, 1.82) is 0 Å². The summed E-state index contributed by atoms with van der Waals surface area (Å²) >= 11 is 0. The van der Waals surface area contributed by atoms with Gasteiger partial charge in [-0.3, -0.25) is 4.79 Å². The summed E-state index contributed by atoms with van der Waals surface area (Å²) in [5.74, 6) is -0.0819. The number of rotatable bonds is 3. The van der Waals surface area contributed by atoms with Crippen molar-refractivity contribution < 1.29 is 15.0 Å². The number of nitrogens with zero attached hydrogens (tertiary/aromatic N) is 1. The van der Waals surface area contributed by atoms with Crippen LogP contribution in [0.2, 0.25) is 0 Å². The molecule has 0 saturated heterocycles. The molecule has 0 heterocycles. The van der Waals surface area contributed by atoms with Crippen LogP contribution < -0.4 is 0 Å². The third-order valence-corrected chi connectivity index (χ3v) is 3.41. The van der Waals surface area contributed by atoms with E-state index in [4.69, 9.17) is 0 Å². The molecule has 0 bridgehead atoms. The molecule has 0 radical (unpaired) electrons. The second kappa shape index (κ2) is 5.65. The van der Waals surface area contributed by atoms with Crippen LogP contribution in [0.1, 0.15) is 28.9 Å². The number of phenolic OH excluding ortho intramolecular Hbond substituents is 2. The number of amides is 1. The van der Waals surface area contributed by atoms with E-state index < -0.39 is 0 Å². The van der Waals surface area contributed by atoms with Gasteiger partial charge in [-0.15, -0.1) is 0 Å². The van der Waals surface area contributed by atoms with Crippen molar-refractivity contribution in [3.63, 3.8) is 0 Å². The molecule has 2 rings (SSSR count). The number of hydrogen-bond donors (Lipinski definition) is 2. The predicted molar refractivity (Wildman–Crippen MR) is 76.7 cm³/mol. The van der Waals surface area contributed by atoms with Crippen molar-refractivity contribution in [3.8, 4) is 11.5 Å². The van der Waals surface area contributed by atoms with E-state index in [0.717, 1.165) is 5.56 Å². The molecular weight excluding hydrogens is 254 g/mol. The summed E-state index contributed by atoms with van der Waals surface area (Å²) in [6.45, 7) is 1.89. The van der Waals surface area contributed by atoms with Crippen molar-refractivity contribution in [3.05, 3.63) is 59.7 Å². The summed E-state index contributed by atoms with van der Waals surface area (Å²) in [6.07, 6.45) is 0. The van der Waals surface area contributed by atoms with Crippen LogP contribution in [0, 0.1) is 0 Å². The molecule has 0 aliphatic rings. The Hall–Kier alpha value is -2.49. The average Bonchev–Trinajstić information content (AvgIpc) is 2.46. The molecule has 2 aromatic rings. The third kappa shape index (κ3) is 2.74. The van der Waals surface area contributed by atoms with Gasteiger partial charge in [0.25, 0.3) is 5.91 Å². The monoisotopic (exact) mass is 271 g/mol. The van der Waals surface area contributed by atoms with Gasteiger partial charge in [0.05, 0.1) is 11.6 Å². The first-order chi connectivity index (χ1) is 9.50. The Balaban J connectivity index is 2.22. The number of carbonyl (C=O) groups excluding carboxylic acids is 1. The Morgan fingerprint density at radius 1 is 1.05 bits per heavy atom. The van der Waals surface area contributed by atoms with Gasteiger partial charge in [0.2, 0.25) is 0 Å². The SMILES string of the molecule is CC(c1ccc(O)cc1)N(C)C(=O)c1ccccc1O. The van der Waals surface area contributed by atoms with E-state index >= 15 is 0 Å². The van der Waals surface area contributed by atoms with Gasteiger partial charge in [0.15, 0.2) is 0 Å². The highest BCUT2D eigenvalue weighted by Gasteiger charge is 2.20. The molecule has 1 atom stereocenters. The van der Waals surface area contributed by atoms with E-state index in [1.54, 1.807) is 54.4 Å². The maximum Gasteiger partial charge on any atom is 0.257 e. The molecule has 2 N–H and O–H groups in total. The molecule has 0 saturated carbocycles. The lowest BCUT2D eigenvalue weighted by atomic mass is 10.1. The van der Waals surface area contributed by atoms with Crippen LogP contribution in [0.3, 0.4) is 0 Å². The van der Waals surface area contributed by atoms with E-state index in [0.29, 0.717) is 0 Å².